The summed E-state index contributed by atoms with van der Waals surface area (Å²) in [6, 6.07) is 12.5. The van der Waals surface area contributed by atoms with E-state index in [-0.39, 0.29) is 18.3 Å². The quantitative estimate of drug-likeness (QED) is 0.556. The fourth-order valence-corrected chi connectivity index (χ4v) is 4.32. The Morgan fingerprint density at radius 2 is 1.74 bits per heavy atom. The van der Waals surface area contributed by atoms with E-state index in [1.165, 1.54) is 18.9 Å². The van der Waals surface area contributed by atoms with Gasteiger partial charge < -0.3 is 14.7 Å². The number of carboxylic acid groups (broad SMARTS) is 1. The molecule has 0 spiro atoms. The van der Waals surface area contributed by atoms with Crippen LogP contribution >= 0.6 is 0 Å². The van der Waals surface area contributed by atoms with Gasteiger partial charge >= 0.3 is 5.97 Å². The summed E-state index contributed by atoms with van der Waals surface area (Å²) in [5.41, 5.74) is 2.41. The number of hydrogen-bond acceptors (Lipinski definition) is 3. The van der Waals surface area contributed by atoms with Crippen LogP contribution in [-0.4, -0.2) is 30.8 Å². The molecular weight excluding hydrogens is 393 g/mol. The second kappa shape index (κ2) is 9.71. The molecule has 0 aliphatic heterocycles. The van der Waals surface area contributed by atoms with Crippen LogP contribution in [0.1, 0.15) is 52.9 Å². The highest BCUT2D eigenvalue weighted by Crippen LogP contribution is 2.39. The summed E-state index contributed by atoms with van der Waals surface area (Å²) in [6.07, 6.45) is 4.81. The molecule has 1 fully saturated rings. The second-order valence-electron chi connectivity index (χ2n) is 9.71. The average molecular weight is 428 g/mol. The molecule has 4 nitrogen and oxygen atoms in total. The zero-order valence-electron chi connectivity index (χ0n) is 19.0. The van der Waals surface area contributed by atoms with Gasteiger partial charge in [-0.15, -0.1) is 0 Å². The van der Waals surface area contributed by atoms with Crippen molar-refractivity contribution in [3.05, 3.63) is 48.3 Å². The van der Waals surface area contributed by atoms with Crippen molar-refractivity contribution in [3.63, 3.8) is 0 Å². The maximum atomic E-state index is 14.5. The lowest BCUT2D eigenvalue weighted by Gasteiger charge is -2.36. The molecule has 1 aliphatic carbocycles. The van der Waals surface area contributed by atoms with Crippen LogP contribution < -0.4 is 9.64 Å². The normalized spacial score (nSPS) is 19.1. The maximum absolute atomic E-state index is 14.5. The molecule has 0 heterocycles. The standard InChI is InChI=1S/C26H34FNO3/c1-26(2,3)19-7-12-22(13-8-19)31-21-10-5-18(6-11-21)23-17-20(9-14-24(23)27)28(4)16-15-25(29)30/h5-6,9-11,14,17,19,22H,7-8,12-13,15-16H2,1-4H3,(H,29,30)/t19-,22-. The molecule has 3 rings (SSSR count). The number of rotatable bonds is 7. The predicted octanol–water partition coefficient (Wildman–Crippen LogP) is 6.39. The third-order valence-electron chi connectivity index (χ3n) is 6.42. The first-order valence-corrected chi connectivity index (χ1v) is 11.1. The number of aliphatic carboxylic acids is 1. The van der Waals surface area contributed by atoms with Crippen LogP contribution in [0.3, 0.4) is 0 Å². The molecule has 0 radical (unpaired) electrons. The SMILES string of the molecule is CN(CCC(=O)O)c1ccc(F)c(-c2ccc(O[C@H]3CC[C@H](C(C)(C)C)CC3)cc2)c1. The van der Waals surface area contributed by atoms with Crippen LogP contribution in [0.5, 0.6) is 5.75 Å². The Morgan fingerprint density at radius 1 is 1.10 bits per heavy atom. The largest absolute Gasteiger partial charge is 0.490 e. The predicted molar refractivity (Wildman–Crippen MR) is 123 cm³/mol. The van der Waals surface area contributed by atoms with Gasteiger partial charge in [0.15, 0.2) is 0 Å². The first-order chi connectivity index (χ1) is 14.6. The number of carboxylic acids is 1. The van der Waals surface area contributed by atoms with Crippen LogP contribution in [0.15, 0.2) is 42.5 Å². The van der Waals surface area contributed by atoms with Crippen molar-refractivity contribution in [1.82, 2.24) is 0 Å². The fourth-order valence-electron chi connectivity index (χ4n) is 4.32. The molecule has 2 aromatic carbocycles. The summed E-state index contributed by atoms with van der Waals surface area (Å²) >= 11 is 0. The Kier molecular flexibility index (Phi) is 7.24. The Bertz CT molecular complexity index is 881. The third-order valence-corrected chi connectivity index (χ3v) is 6.42. The van der Waals surface area contributed by atoms with Gasteiger partial charge in [0.2, 0.25) is 0 Å². The topological polar surface area (TPSA) is 49.8 Å². The fraction of sp³-hybridized carbons (Fsp3) is 0.500. The van der Waals surface area contributed by atoms with E-state index in [4.69, 9.17) is 9.84 Å². The maximum Gasteiger partial charge on any atom is 0.305 e. The van der Waals surface area contributed by atoms with Crippen LogP contribution in [-0.2, 0) is 4.79 Å². The van der Waals surface area contributed by atoms with Crippen molar-refractivity contribution in [2.75, 3.05) is 18.5 Å². The minimum absolute atomic E-state index is 0.0346. The van der Waals surface area contributed by atoms with Gasteiger partial charge in [-0.25, -0.2) is 4.39 Å². The van der Waals surface area contributed by atoms with E-state index in [0.717, 1.165) is 35.8 Å². The molecular formula is C26H34FNO3. The minimum Gasteiger partial charge on any atom is -0.490 e. The highest BCUT2D eigenvalue weighted by molar-refractivity contribution is 5.71. The summed E-state index contributed by atoms with van der Waals surface area (Å²) < 4.78 is 20.7. The summed E-state index contributed by atoms with van der Waals surface area (Å²) in [4.78, 5) is 12.6. The van der Waals surface area contributed by atoms with Gasteiger partial charge in [-0.2, -0.15) is 0 Å². The monoisotopic (exact) mass is 427 g/mol. The van der Waals surface area contributed by atoms with Crippen LogP contribution in [0, 0.1) is 17.2 Å². The minimum atomic E-state index is -0.850. The molecule has 0 bridgehead atoms. The van der Waals surface area contributed by atoms with Gasteiger partial charge in [0.1, 0.15) is 11.6 Å². The number of hydrogen-bond donors (Lipinski definition) is 1. The molecule has 0 atom stereocenters. The molecule has 0 aromatic heterocycles. The molecule has 1 saturated carbocycles. The van der Waals surface area contributed by atoms with Crippen LogP contribution in [0.4, 0.5) is 10.1 Å². The van der Waals surface area contributed by atoms with Gasteiger partial charge in [-0.1, -0.05) is 32.9 Å². The Balaban J connectivity index is 1.65. The number of ether oxygens (including phenoxy) is 1. The van der Waals surface area contributed by atoms with Crippen LogP contribution in [0.25, 0.3) is 11.1 Å². The van der Waals surface area contributed by atoms with Crippen molar-refractivity contribution in [2.24, 2.45) is 11.3 Å². The average Bonchev–Trinajstić information content (AvgIpc) is 2.73. The Morgan fingerprint density at radius 3 is 2.32 bits per heavy atom. The van der Waals surface area contributed by atoms with E-state index in [0.29, 0.717) is 17.5 Å². The summed E-state index contributed by atoms with van der Waals surface area (Å²) in [6.45, 7) is 7.31. The summed E-state index contributed by atoms with van der Waals surface area (Å²) in [5, 5.41) is 8.88. The molecule has 0 unspecified atom stereocenters. The molecule has 5 heteroatoms. The van der Waals surface area contributed by atoms with Crippen molar-refractivity contribution < 1.29 is 19.0 Å². The van der Waals surface area contributed by atoms with Crippen molar-refractivity contribution >= 4 is 11.7 Å². The number of nitrogens with zero attached hydrogens (tertiary/aromatic N) is 1. The lowest BCUT2D eigenvalue weighted by atomic mass is 9.72. The smallest absolute Gasteiger partial charge is 0.305 e. The molecule has 0 amide bonds. The van der Waals surface area contributed by atoms with Gasteiger partial charge in [-0.05, 0) is 72.9 Å². The first-order valence-electron chi connectivity index (χ1n) is 11.1. The molecule has 0 saturated heterocycles. The molecule has 31 heavy (non-hydrogen) atoms. The van der Waals surface area contributed by atoms with Crippen molar-refractivity contribution in [2.45, 2.75) is 59.0 Å². The van der Waals surface area contributed by atoms with Crippen LogP contribution in [0.2, 0.25) is 0 Å². The number of carbonyl (C=O) groups is 1. The molecule has 168 valence electrons. The highest BCUT2D eigenvalue weighted by atomic mass is 19.1. The van der Waals surface area contributed by atoms with Gasteiger partial charge in [0.05, 0.1) is 12.5 Å². The first kappa shape index (κ1) is 23.1. The molecule has 1 aliphatic rings. The van der Waals surface area contributed by atoms with Gasteiger partial charge in [0, 0.05) is 24.8 Å². The van der Waals surface area contributed by atoms with E-state index in [9.17, 15) is 9.18 Å². The van der Waals surface area contributed by atoms with Gasteiger partial charge in [0.25, 0.3) is 0 Å². The Labute approximate surface area is 185 Å². The van der Waals surface area contributed by atoms with E-state index in [1.807, 2.05) is 36.2 Å². The van der Waals surface area contributed by atoms with Crippen molar-refractivity contribution in [3.8, 4) is 16.9 Å². The van der Waals surface area contributed by atoms with E-state index < -0.39 is 5.97 Å². The second-order valence-corrected chi connectivity index (χ2v) is 9.71. The number of halogens is 1. The highest BCUT2D eigenvalue weighted by Gasteiger charge is 2.30. The summed E-state index contributed by atoms with van der Waals surface area (Å²) in [5.74, 6) is 0.415. The lowest BCUT2D eigenvalue weighted by molar-refractivity contribution is -0.136. The third kappa shape index (κ3) is 6.22. The number of anilines is 1. The molecule has 2 aromatic rings. The van der Waals surface area contributed by atoms with E-state index in [2.05, 4.69) is 20.8 Å². The zero-order chi connectivity index (χ0) is 22.6. The van der Waals surface area contributed by atoms with Crippen molar-refractivity contribution in [1.29, 1.82) is 0 Å². The molecule has 1 N–H and O–H groups in total. The van der Waals surface area contributed by atoms with E-state index >= 15 is 0 Å². The van der Waals surface area contributed by atoms with E-state index in [1.54, 1.807) is 12.1 Å². The summed E-state index contributed by atoms with van der Waals surface area (Å²) in [7, 11) is 1.81. The lowest BCUT2D eigenvalue weighted by Crippen LogP contribution is -2.30. The zero-order valence-corrected chi connectivity index (χ0v) is 19.0. The Hall–Kier alpha value is -2.56. The number of benzene rings is 2. The van der Waals surface area contributed by atoms with Gasteiger partial charge in [-0.3, -0.25) is 4.79 Å².